The fourth-order valence-corrected chi connectivity index (χ4v) is 3.15. The van der Waals surface area contributed by atoms with Gasteiger partial charge in [0, 0.05) is 13.0 Å². The van der Waals surface area contributed by atoms with Crippen LogP contribution in [0.5, 0.6) is 0 Å². The molecule has 12 nitrogen and oxygen atoms in total. The van der Waals surface area contributed by atoms with E-state index in [0.29, 0.717) is 17.8 Å². The fourth-order valence-electron chi connectivity index (χ4n) is 3.15. The van der Waals surface area contributed by atoms with E-state index in [-0.39, 0.29) is 31.2 Å². The lowest BCUT2D eigenvalue weighted by Crippen LogP contribution is -2.40. The average molecular weight is 423 g/mol. The van der Waals surface area contributed by atoms with E-state index in [0.717, 1.165) is 0 Å². The largest absolute Gasteiger partial charge is 0.456 e. The summed E-state index contributed by atoms with van der Waals surface area (Å²) in [5.41, 5.74) is 6.63. The second kappa shape index (κ2) is 9.89. The molecular formula is C18H25N5O7. The maximum atomic E-state index is 12.2. The van der Waals surface area contributed by atoms with E-state index in [1.54, 1.807) is 4.57 Å². The zero-order valence-electron chi connectivity index (χ0n) is 16.8. The first-order chi connectivity index (χ1) is 14.5. The summed E-state index contributed by atoms with van der Waals surface area (Å²) >= 11 is 0. The molecule has 0 radical (unpaired) electrons. The Balaban J connectivity index is 1.88. The number of fused-ring (bicyclic) bond motifs is 1. The molecule has 2 aromatic heterocycles. The number of nitrogens with two attached hydrogens (primary N) is 1. The molecule has 12 heteroatoms. The quantitative estimate of drug-likeness (QED) is 0.299. The van der Waals surface area contributed by atoms with Gasteiger partial charge in [-0.25, -0.2) is 15.0 Å². The first-order valence-electron chi connectivity index (χ1n) is 9.53. The minimum absolute atomic E-state index is 0.0620. The normalized spacial score (nSPS) is 23.7. The second-order valence-electron chi connectivity index (χ2n) is 6.73. The summed E-state index contributed by atoms with van der Waals surface area (Å²) in [6.45, 7) is 3.13. The van der Waals surface area contributed by atoms with Crippen molar-refractivity contribution in [1.82, 2.24) is 19.5 Å². The standard InChI is InChI=1S/C18H25N5O7/c1-3-27-9-28-15-14(30-12(26)5-4-10(2)25)11(6-24)29-18(15)23-8-22-13-16(19)20-7-21-17(13)23/h7-8,11,14-15,18,24H,3-6,9H2,1-2H3,(H2,19,20,21)/t11-,14-,15-,18-/m1/s1. The molecule has 1 aliphatic rings. The van der Waals surface area contributed by atoms with Crippen LogP contribution in [0.2, 0.25) is 0 Å². The number of aromatic nitrogens is 4. The molecule has 4 atom stereocenters. The Bertz CT molecular complexity index is 889. The van der Waals surface area contributed by atoms with Crippen molar-refractivity contribution in [3.8, 4) is 0 Å². The second-order valence-corrected chi connectivity index (χ2v) is 6.73. The Kier molecular flexibility index (Phi) is 7.26. The summed E-state index contributed by atoms with van der Waals surface area (Å²) in [7, 11) is 0. The predicted octanol–water partition coefficient (Wildman–Crippen LogP) is -0.0416. The number of nitrogen functional groups attached to an aromatic ring is 1. The number of esters is 1. The van der Waals surface area contributed by atoms with E-state index in [1.165, 1.54) is 19.6 Å². The Morgan fingerprint density at radius 1 is 1.27 bits per heavy atom. The first kappa shape index (κ1) is 22.0. The summed E-state index contributed by atoms with van der Waals surface area (Å²) in [5.74, 6) is -0.517. The van der Waals surface area contributed by atoms with Crippen LogP contribution < -0.4 is 5.73 Å². The summed E-state index contributed by atoms with van der Waals surface area (Å²) in [4.78, 5) is 35.7. The Labute approximate surface area is 172 Å². The van der Waals surface area contributed by atoms with Crippen molar-refractivity contribution < 1.29 is 33.6 Å². The summed E-state index contributed by atoms with van der Waals surface area (Å²) in [5, 5.41) is 9.80. The molecule has 0 bridgehead atoms. The highest BCUT2D eigenvalue weighted by Crippen LogP contribution is 2.35. The molecular weight excluding hydrogens is 398 g/mol. The van der Waals surface area contributed by atoms with Crippen molar-refractivity contribution >= 4 is 28.7 Å². The van der Waals surface area contributed by atoms with Crippen LogP contribution in [0.4, 0.5) is 5.82 Å². The predicted molar refractivity (Wildman–Crippen MR) is 102 cm³/mol. The molecule has 3 rings (SSSR count). The van der Waals surface area contributed by atoms with Gasteiger partial charge in [0.25, 0.3) is 0 Å². The third kappa shape index (κ3) is 4.73. The van der Waals surface area contributed by atoms with E-state index in [1.807, 2.05) is 6.92 Å². The van der Waals surface area contributed by atoms with Crippen LogP contribution in [-0.4, -0.2) is 74.7 Å². The third-order valence-corrected chi connectivity index (χ3v) is 4.62. The van der Waals surface area contributed by atoms with Crippen molar-refractivity contribution in [2.75, 3.05) is 25.7 Å². The van der Waals surface area contributed by atoms with Crippen LogP contribution in [0.1, 0.15) is 32.9 Å². The van der Waals surface area contributed by atoms with Crippen molar-refractivity contribution in [2.24, 2.45) is 0 Å². The third-order valence-electron chi connectivity index (χ3n) is 4.62. The van der Waals surface area contributed by atoms with Gasteiger partial charge in [-0.2, -0.15) is 0 Å². The number of carbonyl (C=O) groups is 2. The molecule has 3 N–H and O–H groups in total. The van der Waals surface area contributed by atoms with E-state index >= 15 is 0 Å². The van der Waals surface area contributed by atoms with E-state index < -0.39 is 37.1 Å². The lowest BCUT2D eigenvalue weighted by molar-refractivity contribution is -0.168. The van der Waals surface area contributed by atoms with Crippen LogP contribution in [0.15, 0.2) is 12.7 Å². The Morgan fingerprint density at radius 3 is 2.77 bits per heavy atom. The highest BCUT2D eigenvalue weighted by atomic mass is 16.7. The molecule has 2 aromatic rings. The summed E-state index contributed by atoms with van der Waals surface area (Å²) in [6.07, 6.45) is -0.709. The smallest absolute Gasteiger partial charge is 0.306 e. The van der Waals surface area contributed by atoms with Gasteiger partial charge in [0.05, 0.1) is 19.4 Å². The van der Waals surface area contributed by atoms with Gasteiger partial charge < -0.3 is 34.6 Å². The lowest BCUT2D eigenvalue weighted by Gasteiger charge is -2.24. The SMILES string of the molecule is CCOCO[C@@H]1[C@H](OC(=O)CCC(C)=O)[C@@H](CO)O[C@H]1n1cnc2c(N)ncnc21. The van der Waals surface area contributed by atoms with E-state index in [9.17, 15) is 14.7 Å². The molecule has 1 fully saturated rings. The number of aliphatic hydroxyl groups excluding tert-OH is 1. The van der Waals surface area contributed by atoms with Gasteiger partial charge in [0.2, 0.25) is 0 Å². The van der Waals surface area contributed by atoms with Gasteiger partial charge in [0.1, 0.15) is 36.6 Å². The zero-order chi connectivity index (χ0) is 21.7. The number of imidazole rings is 1. The number of aliphatic hydroxyl groups is 1. The highest BCUT2D eigenvalue weighted by Gasteiger charge is 2.49. The van der Waals surface area contributed by atoms with Crippen LogP contribution in [0, 0.1) is 0 Å². The maximum Gasteiger partial charge on any atom is 0.306 e. The van der Waals surface area contributed by atoms with Crippen LogP contribution in [0.25, 0.3) is 11.2 Å². The summed E-state index contributed by atoms with van der Waals surface area (Å²) < 4.78 is 24.1. The number of anilines is 1. The van der Waals surface area contributed by atoms with Gasteiger partial charge in [0.15, 0.2) is 23.8 Å². The van der Waals surface area contributed by atoms with Gasteiger partial charge in [-0.3, -0.25) is 9.36 Å². The number of Topliss-reactive ketones (excluding diaryl/α,β-unsaturated/α-hetero) is 1. The van der Waals surface area contributed by atoms with Gasteiger partial charge >= 0.3 is 5.97 Å². The Hall–Kier alpha value is -2.67. The van der Waals surface area contributed by atoms with Gasteiger partial charge in [-0.15, -0.1) is 0 Å². The number of ether oxygens (including phenoxy) is 4. The van der Waals surface area contributed by atoms with Crippen LogP contribution in [-0.2, 0) is 28.5 Å². The van der Waals surface area contributed by atoms with Crippen LogP contribution in [0.3, 0.4) is 0 Å². The summed E-state index contributed by atoms with van der Waals surface area (Å²) in [6, 6.07) is 0. The number of rotatable bonds is 10. The number of carbonyl (C=O) groups excluding carboxylic acids is 2. The minimum Gasteiger partial charge on any atom is -0.456 e. The van der Waals surface area contributed by atoms with Gasteiger partial charge in [-0.1, -0.05) is 0 Å². The number of ketones is 1. The molecule has 0 saturated carbocycles. The monoisotopic (exact) mass is 423 g/mol. The fraction of sp³-hybridized carbons (Fsp3) is 0.611. The molecule has 0 aliphatic carbocycles. The van der Waals surface area contributed by atoms with E-state index in [4.69, 9.17) is 24.7 Å². The van der Waals surface area contributed by atoms with Gasteiger partial charge in [-0.05, 0) is 13.8 Å². The maximum absolute atomic E-state index is 12.2. The first-order valence-corrected chi connectivity index (χ1v) is 9.53. The number of hydrogen-bond donors (Lipinski definition) is 2. The van der Waals surface area contributed by atoms with Crippen molar-refractivity contribution in [3.63, 3.8) is 0 Å². The highest BCUT2D eigenvalue weighted by molar-refractivity contribution is 5.81. The molecule has 0 spiro atoms. The molecule has 0 unspecified atom stereocenters. The molecule has 30 heavy (non-hydrogen) atoms. The average Bonchev–Trinajstić information content (AvgIpc) is 3.29. The number of nitrogens with zero attached hydrogens (tertiary/aromatic N) is 4. The molecule has 164 valence electrons. The number of hydrogen-bond acceptors (Lipinski definition) is 11. The molecule has 0 amide bonds. The zero-order valence-corrected chi connectivity index (χ0v) is 16.8. The Morgan fingerprint density at radius 2 is 2.07 bits per heavy atom. The lowest BCUT2D eigenvalue weighted by atomic mass is 10.1. The van der Waals surface area contributed by atoms with Crippen molar-refractivity contribution in [3.05, 3.63) is 12.7 Å². The molecule has 1 saturated heterocycles. The van der Waals surface area contributed by atoms with Crippen LogP contribution >= 0.6 is 0 Å². The van der Waals surface area contributed by atoms with Crippen molar-refractivity contribution in [1.29, 1.82) is 0 Å². The van der Waals surface area contributed by atoms with Crippen molar-refractivity contribution in [2.45, 2.75) is 51.2 Å². The molecule has 1 aliphatic heterocycles. The van der Waals surface area contributed by atoms with E-state index in [2.05, 4.69) is 15.0 Å². The topological polar surface area (TPSA) is 161 Å². The molecule has 3 heterocycles. The molecule has 0 aromatic carbocycles. The minimum atomic E-state index is -0.934.